The predicted molar refractivity (Wildman–Crippen MR) is 75.4 cm³/mol. The van der Waals surface area contributed by atoms with Crippen LogP contribution in [0.4, 0.5) is 4.39 Å². The summed E-state index contributed by atoms with van der Waals surface area (Å²) in [5.41, 5.74) is 8.16. The number of benzene rings is 1. The van der Waals surface area contributed by atoms with E-state index >= 15 is 0 Å². The van der Waals surface area contributed by atoms with Gasteiger partial charge in [-0.3, -0.25) is 4.79 Å². The first-order valence-electron chi connectivity index (χ1n) is 6.40. The van der Waals surface area contributed by atoms with Gasteiger partial charge in [-0.25, -0.2) is 4.39 Å². The maximum atomic E-state index is 12.9. The molecule has 0 fully saturated rings. The maximum absolute atomic E-state index is 12.9. The number of rotatable bonds is 3. The highest BCUT2D eigenvalue weighted by Crippen LogP contribution is 2.33. The van der Waals surface area contributed by atoms with Gasteiger partial charge in [0.15, 0.2) is 0 Å². The third-order valence-electron chi connectivity index (χ3n) is 3.42. The first-order chi connectivity index (χ1) is 9.65. The van der Waals surface area contributed by atoms with Crippen LogP contribution in [-0.2, 0) is 24.2 Å². The molecule has 104 valence electrons. The number of ether oxygens (including phenoxy) is 1. The van der Waals surface area contributed by atoms with Crippen molar-refractivity contribution in [2.24, 2.45) is 5.73 Å². The average Bonchev–Trinajstić information content (AvgIpc) is 2.79. The highest BCUT2D eigenvalue weighted by Gasteiger charge is 2.24. The standard InChI is InChI=1S/C15H14FNO2S/c16-10-3-1-9(2-4-10)7-12-14(15(17)18)11-5-6-19-8-13(11)20-12/h1-4H,5-8H2,(H2,17,18). The molecule has 3 rings (SSSR count). The topological polar surface area (TPSA) is 52.3 Å². The molecule has 0 aliphatic carbocycles. The summed E-state index contributed by atoms with van der Waals surface area (Å²) in [6.45, 7) is 1.17. The van der Waals surface area contributed by atoms with E-state index in [-0.39, 0.29) is 11.7 Å². The summed E-state index contributed by atoms with van der Waals surface area (Å²) in [6, 6.07) is 6.32. The molecule has 0 saturated heterocycles. The number of carbonyl (C=O) groups is 1. The molecule has 0 atom stereocenters. The second kappa shape index (κ2) is 5.34. The van der Waals surface area contributed by atoms with E-state index in [0.29, 0.717) is 25.2 Å². The molecule has 3 nitrogen and oxygen atoms in total. The van der Waals surface area contributed by atoms with Crippen LogP contribution in [0.2, 0.25) is 0 Å². The molecule has 1 aromatic carbocycles. The molecule has 2 N–H and O–H groups in total. The molecule has 1 aliphatic heterocycles. The normalized spacial score (nSPS) is 14.1. The van der Waals surface area contributed by atoms with Crippen molar-refractivity contribution in [3.05, 3.63) is 56.5 Å². The number of primary amides is 1. The van der Waals surface area contributed by atoms with Gasteiger partial charge in [0.05, 0.1) is 18.8 Å². The summed E-state index contributed by atoms with van der Waals surface area (Å²) < 4.78 is 18.3. The minimum absolute atomic E-state index is 0.261. The van der Waals surface area contributed by atoms with Crippen LogP contribution in [0.1, 0.15) is 31.2 Å². The van der Waals surface area contributed by atoms with Gasteiger partial charge in [-0.2, -0.15) is 0 Å². The molecule has 0 radical (unpaired) electrons. The zero-order valence-corrected chi connectivity index (χ0v) is 11.6. The Morgan fingerprint density at radius 1 is 1.35 bits per heavy atom. The van der Waals surface area contributed by atoms with Gasteiger partial charge in [-0.15, -0.1) is 11.3 Å². The Kier molecular flexibility index (Phi) is 3.54. The van der Waals surface area contributed by atoms with E-state index in [1.165, 1.54) is 12.1 Å². The minimum atomic E-state index is -0.387. The Morgan fingerprint density at radius 3 is 2.80 bits per heavy atom. The van der Waals surface area contributed by atoms with Gasteiger partial charge in [0.1, 0.15) is 5.82 Å². The monoisotopic (exact) mass is 291 g/mol. The van der Waals surface area contributed by atoms with Crippen molar-refractivity contribution in [3.8, 4) is 0 Å². The zero-order valence-electron chi connectivity index (χ0n) is 10.8. The second-order valence-electron chi connectivity index (χ2n) is 4.77. The quantitative estimate of drug-likeness (QED) is 0.945. The van der Waals surface area contributed by atoms with Crippen molar-refractivity contribution in [2.75, 3.05) is 6.61 Å². The Hall–Kier alpha value is -1.72. The first-order valence-corrected chi connectivity index (χ1v) is 7.22. The number of fused-ring (bicyclic) bond motifs is 1. The third kappa shape index (κ3) is 2.46. The highest BCUT2D eigenvalue weighted by molar-refractivity contribution is 7.12. The van der Waals surface area contributed by atoms with Gasteiger partial charge in [0.25, 0.3) is 0 Å². The molecular weight excluding hydrogens is 277 g/mol. The Bertz CT molecular complexity index is 649. The number of hydrogen-bond acceptors (Lipinski definition) is 3. The van der Waals surface area contributed by atoms with E-state index in [9.17, 15) is 9.18 Å². The van der Waals surface area contributed by atoms with E-state index in [2.05, 4.69) is 0 Å². The second-order valence-corrected chi connectivity index (χ2v) is 5.96. The number of carbonyl (C=O) groups excluding carboxylic acids is 1. The summed E-state index contributed by atoms with van der Waals surface area (Å²) in [6.07, 6.45) is 1.32. The molecule has 0 bridgehead atoms. The fourth-order valence-electron chi connectivity index (χ4n) is 2.49. The predicted octanol–water partition coefficient (Wildman–Crippen LogP) is 2.65. The van der Waals surface area contributed by atoms with E-state index < -0.39 is 0 Å². The van der Waals surface area contributed by atoms with Crippen LogP contribution < -0.4 is 5.73 Å². The van der Waals surface area contributed by atoms with Gasteiger partial charge in [0.2, 0.25) is 5.91 Å². The van der Waals surface area contributed by atoms with Crippen LogP contribution >= 0.6 is 11.3 Å². The maximum Gasteiger partial charge on any atom is 0.250 e. The number of halogens is 1. The molecule has 1 aliphatic rings. The summed E-state index contributed by atoms with van der Waals surface area (Å²) in [7, 11) is 0. The van der Waals surface area contributed by atoms with Crippen LogP contribution in [0.5, 0.6) is 0 Å². The zero-order chi connectivity index (χ0) is 14.1. The lowest BCUT2D eigenvalue weighted by Crippen LogP contribution is -2.17. The number of amides is 1. The van der Waals surface area contributed by atoms with Gasteiger partial charge >= 0.3 is 0 Å². The lowest BCUT2D eigenvalue weighted by atomic mass is 10.0. The van der Waals surface area contributed by atoms with Gasteiger partial charge in [0, 0.05) is 16.2 Å². The van der Waals surface area contributed by atoms with Crippen molar-refractivity contribution in [1.29, 1.82) is 0 Å². The van der Waals surface area contributed by atoms with Crippen molar-refractivity contribution in [1.82, 2.24) is 0 Å². The van der Waals surface area contributed by atoms with Crippen molar-refractivity contribution in [2.45, 2.75) is 19.4 Å². The van der Waals surface area contributed by atoms with Gasteiger partial charge in [-0.05, 0) is 29.7 Å². The molecular formula is C15H14FNO2S. The van der Waals surface area contributed by atoms with Crippen molar-refractivity contribution < 1.29 is 13.9 Å². The van der Waals surface area contributed by atoms with E-state index in [0.717, 1.165) is 27.3 Å². The molecule has 2 aromatic rings. The van der Waals surface area contributed by atoms with E-state index in [1.54, 1.807) is 23.5 Å². The lowest BCUT2D eigenvalue weighted by Gasteiger charge is -2.12. The van der Waals surface area contributed by atoms with Gasteiger partial charge in [-0.1, -0.05) is 12.1 Å². The summed E-state index contributed by atoms with van der Waals surface area (Å²) in [5, 5.41) is 0. The van der Waals surface area contributed by atoms with Crippen LogP contribution in [-0.4, -0.2) is 12.5 Å². The number of nitrogens with two attached hydrogens (primary N) is 1. The number of hydrogen-bond donors (Lipinski definition) is 1. The fraction of sp³-hybridized carbons (Fsp3) is 0.267. The largest absolute Gasteiger partial charge is 0.376 e. The van der Waals surface area contributed by atoms with Crippen LogP contribution in [0, 0.1) is 5.82 Å². The molecule has 20 heavy (non-hydrogen) atoms. The van der Waals surface area contributed by atoms with Crippen LogP contribution in [0.25, 0.3) is 0 Å². The number of thiophene rings is 1. The molecule has 1 amide bonds. The molecule has 0 unspecified atom stereocenters. The van der Waals surface area contributed by atoms with Crippen LogP contribution in [0.3, 0.4) is 0 Å². The molecule has 5 heteroatoms. The molecule has 1 aromatic heterocycles. The van der Waals surface area contributed by atoms with Crippen molar-refractivity contribution in [3.63, 3.8) is 0 Å². The summed E-state index contributed by atoms with van der Waals surface area (Å²) in [4.78, 5) is 13.8. The highest BCUT2D eigenvalue weighted by atomic mass is 32.1. The fourth-order valence-corrected chi connectivity index (χ4v) is 3.82. The molecule has 0 saturated carbocycles. The van der Waals surface area contributed by atoms with E-state index in [4.69, 9.17) is 10.5 Å². The first kappa shape index (κ1) is 13.3. The van der Waals surface area contributed by atoms with Gasteiger partial charge < -0.3 is 10.5 Å². The lowest BCUT2D eigenvalue weighted by molar-refractivity contribution is 0.0989. The van der Waals surface area contributed by atoms with Crippen LogP contribution in [0.15, 0.2) is 24.3 Å². The Labute approximate surface area is 120 Å². The average molecular weight is 291 g/mol. The minimum Gasteiger partial charge on any atom is -0.376 e. The molecule has 2 heterocycles. The Morgan fingerprint density at radius 2 is 2.10 bits per heavy atom. The van der Waals surface area contributed by atoms with E-state index in [1.807, 2.05) is 0 Å². The summed E-state index contributed by atoms with van der Waals surface area (Å²) >= 11 is 1.57. The third-order valence-corrected chi connectivity index (χ3v) is 4.62. The van der Waals surface area contributed by atoms with Crippen molar-refractivity contribution >= 4 is 17.2 Å². The SMILES string of the molecule is NC(=O)c1c(Cc2ccc(F)cc2)sc2c1CCOC2. The summed E-state index contributed by atoms with van der Waals surface area (Å²) in [5.74, 6) is -0.649. The molecule has 0 spiro atoms. The smallest absolute Gasteiger partial charge is 0.250 e. The Balaban J connectivity index is 1.98.